The highest BCUT2D eigenvalue weighted by atomic mass is 32.2. The third-order valence-electron chi connectivity index (χ3n) is 3.33. The molecule has 23 heavy (non-hydrogen) atoms. The quantitative estimate of drug-likeness (QED) is 0.794. The molecule has 1 aromatic carbocycles. The summed E-state index contributed by atoms with van der Waals surface area (Å²) in [5, 5.41) is 3.68. The van der Waals surface area contributed by atoms with Crippen molar-refractivity contribution in [2.75, 3.05) is 4.72 Å². The Morgan fingerprint density at radius 1 is 1.04 bits per heavy atom. The molecule has 6 nitrogen and oxygen atoms in total. The number of anilines is 1. The highest BCUT2D eigenvalue weighted by Gasteiger charge is 2.24. The molecule has 2 aromatic heterocycles. The number of hydrogen-bond acceptors (Lipinski definition) is 5. The third-order valence-corrected chi connectivity index (χ3v) is 4.96. The van der Waals surface area contributed by atoms with Gasteiger partial charge in [-0.3, -0.25) is 9.71 Å². The molecule has 0 saturated heterocycles. The number of benzene rings is 1. The fourth-order valence-corrected chi connectivity index (χ4v) is 3.71. The minimum atomic E-state index is -3.78. The van der Waals surface area contributed by atoms with E-state index in [1.165, 1.54) is 6.20 Å². The molecule has 7 heteroatoms. The summed E-state index contributed by atoms with van der Waals surface area (Å²) in [6, 6.07) is 11.3. The Bertz CT molecular complexity index is 915. The van der Waals surface area contributed by atoms with Crippen LogP contribution in [0.3, 0.4) is 0 Å². The second-order valence-electron chi connectivity index (χ2n) is 5.09. The largest absolute Gasteiger partial charge is 0.360 e. The van der Waals surface area contributed by atoms with Gasteiger partial charge in [-0.2, -0.15) is 0 Å². The van der Waals surface area contributed by atoms with E-state index in [1.807, 2.05) is 30.3 Å². The second kappa shape index (κ2) is 5.85. The van der Waals surface area contributed by atoms with Crippen molar-refractivity contribution >= 4 is 15.7 Å². The first-order chi connectivity index (χ1) is 11.0. The van der Waals surface area contributed by atoms with Crippen LogP contribution in [0, 0.1) is 13.8 Å². The monoisotopic (exact) mass is 329 g/mol. The van der Waals surface area contributed by atoms with Gasteiger partial charge in [0.2, 0.25) is 0 Å². The first kappa shape index (κ1) is 15.2. The summed E-state index contributed by atoms with van der Waals surface area (Å²) in [4.78, 5) is 4.16. The van der Waals surface area contributed by atoms with Gasteiger partial charge in [-0.15, -0.1) is 0 Å². The molecule has 3 rings (SSSR count). The summed E-state index contributed by atoms with van der Waals surface area (Å²) in [5.41, 5.74) is 2.48. The van der Waals surface area contributed by atoms with Gasteiger partial charge < -0.3 is 4.52 Å². The Morgan fingerprint density at radius 2 is 1.78 bits per heavy atom. The molecular weight excluding hydrogens is 314 g/mol. The van der Waals surface area contributed by atoms with Gasteiger partial charge >= 0.3 is 0 Å². The first-order valence-electron chi connectivity index (χ1n) is 6.93. The van der Waals surface area contributed by atoms with Gasteiger partial charge in [-0.25, -0.2) is 8.42 Å². The van der Waals surface area contributed by atoms with E-state index < -0.39 is 10.0 Å². The van der Waals surface area contributed by atoms with Crippen LogP contribution in [0.2, 0.25) is 0 Å². The molecule has 1 N–H and O–H groups in total. The molecule has 0 unspecified atom stereocenters. The molecule has 0 aliphatic heterocycles. The Morgan fingerprint density at radius 3 is 2.43 bits per heavy atom. The van der Waals surface area contributed by atoms with E-state index in [0.717, 1.165) is 11.1 Å². The molecule has 0 bridgehead atoms. The zero-order chi connectivity index (χ0) is 16.4. The molecule has 0 aliphatic carbocycles. The van der Waals surface area contributed by atoms with E-state index in [2.05, 4.69) is 14.9 Å². The lowest BCUT2D eigenvalue weighted by Gasteiger charge is -2.09. The molecule has 0 fully saturated rings. The molecule has 2 heterocycles. The fourth-order valence-electron chi connectivity index (χ4n) is 2.35. The van der Waals surface area contributed by atoms with Crippen LogP contribution >= 0.6 is 0 Å². The number of pyridine rings is 1. The zero-order valence-electron chi connectivity index (χ0n) is 12.6. The summed E-state index contributed by atoms with van der Waals surface area (Å²) in [5.74, 6) is 0.252. The molecular formula is C16H15N3O3S. The van der Waals surface area contributed by atoms with Crippen LogP contribution in [0.25, 0.3) is 11.1 Å². The van der Waals surface area contributed by atoms with Crippen LogP contribution in [0.1, 0.15) is 11.5 Å². The summed E-state index contributed by atoms with van der Waals surface area (Å²) >= 11 is 0. The molecule has 118 valence electrons. The van der Waals surface area contributed by atoms with Crippen LogP contribution in [0.5, 0.6) is 0 Å². The van der Waals surface area contributed by atoms with E-state index >= 15 is 0 Å². The maximum atomic E-state index is 12.5. The van der Waals surface area contributed by atoms with Crippen molar-refractivity contribution in [2.24, 2.45) is 0 Å². The Kier molecular flexibility index (Phi) is 3.87. The molecule has 0 spiro atoms. The SMILES string of the molecule is Cc1noc(C)c1S(=O)(=O)Nc1cncc(-c2ccccc2)c1. The molecule has 0 atom stereocenters. The predicted molar refractivity (Wildman–Crippen MR) is 86.5 cm³/mol. The van der Waals surface area contributed by atoms with E-state index in [9.17, 15) is 8.42 Å². The Balaban J connectivity index is 1.95. The molecule has 3 aromatic rings. The molecule has 0 saturated carbocycles. The number of nitrogens with one attached hydrogen (secondary N) is 1. The topological polar surface area (TPSA) is 85.1 Å². The van der Waals surface area contributed by atoms with Crippen LogP contribution in [0.15, 0.2) is 58.2 Å². The van der Waals surface area contributed by atoms with E-state index in [4.69, 9.17) is 4.52 Å². The number of hydrogen-bond donors (Lipinski definition) is 1. The second-order valence-corrected chi connectivity index (χ2v) is 6.71. The van der Waals surface area contributed by atoms with E-state index in [0.29, 0.717) is 11.4 Å². The van der Waals surface area contributed by atoms with Gasteiger partial charge in [-0.1, -0.05) is 35.5 Å². The first-order valence-corrected chi connectivity index (χ1v) is 8.42. The highest BCUT2D eigenvalue weighted by Crippen LogP contribution is 2.25. The number of aryl methyl sites for hydroxylation is 2. The molecule has 0 aliphatic rings. The maximum absolute atomic E-state index is 12.5. The van der Waals surface area contributed by atoms with Crippen LogP contribution in [0.4, 0.5) is 5.69 Å². The van der Waals surface area contributed by atoms with Gasteiger partial charge in [-0.05, 0) is 25.5 Å². The zero-order valence-corrected chi connectivity index (χ0v) is 13.5. The Labute approximate surface area is 134 Å². The van der Waals surface area contributed by atoms with Gasteiger partial charge in [0.15, 0.2) is 10.7 Å². The minimum absolute atomic E-state index is 0.0580. The normalized spacial score (nSPS) is 11.4. The van der Waals surface area contributed by atoms with Crippen molar-refractivity contribution in [1.82, 2.24) is 10.1 Å². The van der Waals surface area contributed by atoms with Crippen molar-refractivity contribution in [2.45, 2.75) is 18.7 Å². The summed E-state index contributed by atoms with van der Waals surface area (Å²) in [6.45, 7) is 3.15. The standard InChI is InChI=1S/C16H15N3O3S/c1-11-16(12(2)22-18-11)23(20,21)19-15-8-14(9-17-10-15)13-6-4-3-5-7-13/h3-10,19H,1-2H3. The summed E-state index contributed by atoms with van der Waals surface area (Å²) < 4.78 is 32.5. The number of rotatable bonds is 4. The van der Waals surface area contributed by atoms with Gasteiger partial charge in [0.25, 0.3) is 10.0 Å². The van der Waals surface area contributed by atoms with Crippen molar-refractivity contribution in [3.05, 3.63) is 60.2 Å². The van der Waals surface area contributed by atoms with Gasteiger partial charge in [0.05, 0.1) is 11.9 Å². The summed E-state index contributed by atoms with van der Waals surface area (Å²) in [6.07, 6.45) is 3.14. The predicted octanol–water partition coefficient (Wildman–Crippen LogP) is 3.15. The molecule has 0 amide bonds. The van der Waals surface area contributed by atoms with Crippen molar-refractivity contribution in [3.8, 4) is 11.1 Å². The number of nitrogens with zero attached hydrogens (tertiary/aromatic N) is 2. The lowest BCUT2D eigenvalue weighted by atomic mass is 10.1. The van der Waals surface area contributed by atoms with Crippen LogP contribution in [-0.4, -0.2) is 18.6 Å². The summed E-state index contributed by atoms with van der Waals surface area (Å²) in [7, 11) is -3.78. The fraction of sp³-hybridized carbons (Fsp3) is 0.125. The lowest BCUT2D eigenvalue weighted by Crippen LogP contribution is -2.14. The molecule has 0 radical (unpaired) electrons. The minimum Gasteiger partial charge on any atom is -0.360 e. The van der Waals surface area contributed by atoms with Crippen molar-refractivity contribution < 1.29 is 12.9 Å². The number of sulfonamides is 1. The van der Waals surface area contributed by atoms with Crippen molar-refractivity contribution in [1.29, 1.82) is 0 Å². The van der Waals surface area contributed by atoms with E-state index in [-0.39, 0.29) is 10.7 Å². The smallest absolute Gasteiger partial charge is 0.267 e. The number of aromatic nitrogens is 2. The average molecular weight is 329 g/mol. The van der Waals surface area contributed by atoms with Gasteiger partial charge in [0.1, 0.15) is 5.69 Å². The third kappa shape index (κ3) is 3.09. The lowest BCUT2D eigenvalue weighted by molar-refractivity contribution is 0.390. The van der Waals surface area contributed by atoms with E-state index in [1.54, 1.807) is 26.1 Å². The Hall–Kier alpha value is -2.67. The average Bonchev–Trinajstić information content (AvgIpc) is 2.88. The van der Waals surface area contributed by atoms with Crippen molar-refractivity contribution in [3.63, 3.8) is 0 Å². The highest BCUT2D eigenvalue weighted by molar-refractivity contribution is 7.92. The van der Waals surface area contributed by atoms with Gasteiger partial charge in [0, 0.05) is 11.8 Å². The van der Waals surface area contributed by atoms with Crippen LogP contribution in [-0.2, 0) is 10.0 Å². The maximum Gasteiger partial charge on any atom is 0.267 e. The van der Waals surface area contributed by atoms with Crippen LogP contribution < -0.4 is 4.72 Å².